The van der Waals surface area contributed by atoms with Crippen LogP contribution in [0.2, 0.25) is 5.02 Å². The standard InChI is InChI=1S/C29H34ClN3O4S/c1-21(2)31-29(35)27(18-23-11-6-5-7-12-23)33(19-24-13-9-8-10-22(24)3)28(34)20-32(4)38(36,37)26-16-14-25(30)15-17-26/h5-17,21,27H,18-20H2,1-4H3,(H,31,35)/t27-/m0/s1. The summed E-state index contributed by atoms with van der Waals surface area (Å²) in [5.41, 5.74) is 2.73. The third-order valence-corrected chi connectivity index (χ3v) is 8.25. The maximum absolute atomic E-state index is 13.8. The highest BCUT2D eigenvalue weighted by Gasteiger charge is 2.33. The van der Waals surface area contributed by atoms with Crippen molar-refractivity contribution in [2.45, 2.75) is 50.7 Å². The minimum atomic E-state index is -3.96. The van der Waals surface area contributed by atoms with Gasteiger partial charge in [-0.05, 0) is 61.7 Å². The van der Waals surface area contributed by atoms with E-state index in [1.54, 1.807) is 0 Å². The van der Waals surface area contributed by atoms with Crippen LogP contribution < -0.4 is 5.32 Å². The van der Waals surface area contributed by atoms with Crippen molar-refractivity contribution in [2.24, 2.45) is 0 Å². The fraction of sp³-hybridized carbons (Fsp3) is 0.310. The lowest BCUT2D eigenvalue weighted by molar-refractivity contribution is -0.141. The lowest BCUT2D eigenvalue weighted by Crippen LogP contribution is -2.54. The van der Waals surface area contributed by atoms with Gasteiger partial charge in [0.25, 0.3) is 0 Å². The van der Waals surface area contributed by atoms with Crippen LogP contribution in [-0.2, 0) is 32.6 Å². The summed E-state index contributed by atoms with van der Waals surface area (Å²) in [7, 11) is -2.61. The van der Waals surface area contributed by atoms with Crippen molar-refractivity contribution in [3.05, 3.63) is 101 Å². The van der Waals surface area contributed by atoms with E-state index in [0.29, 0.717) is 5.02 Å². The quantitative estimate of drug-likeness (QED) is 0.379. The number of rotatable bonds is 11. The molecule has 0 saturated carbocycles. The predicted molar refractivity (Wildman–Crippen MR) is 150 cm³/mol. The summed E-state index contributed by atoms with van der Waals surface area (Å²) in [6.07, 6.45) is 0.282. The minimum Gasteiger partial charge on any atom is -0.352 e. The monoisotopic (exact) mass is 555 g/mol. The van der Waals surface area contributed by atoms with Crippen molar-refractivity contribution in [2.75, 3.05) is 13.6 Å². The zero-order valence-electron chi connectivity index (χ0n) is 22.1. The molecular weight excluding hydrogens is 522 g/mol. The van der Waals surface area contributed by atoms with Gasteiger partial charge < -0.3 is 10.2 Å². The molecule has 0 aliphatic heterocycles. The van der Waals surface area contributed by atoms with Gasteiger partial charge in [-0.25, -0.2) is 8.42 Å². The Labute approximate surface area is 230 Å². The van der Waals surface area contributed by atoms with E-state index >= 15 is 0 Å². The number of nitrogens with one attached hydrogen (secondary N) is 1. The first-order valence-electron chi connectivity index (χ1n) is 12.4. The van der Waals surface area contributed by atoms with Crippen molar-refractivity contribution < 1.29 is 18.0 Å². The first-order valence-corrected chi connectivity index (χ1v) is 14.2. The van der Waals surface area contributed by atoms with Gasteiger partial charge in [0.1, 0.15) is 6.04 Å². The van der Waals surface area contributed by atoms with Gasteiger partial charge in [0.05, 0.1) is 11.4 Å². The van der Waals surface area contributed by atoms with Crippen LogP contribution in [0, 0.1) is 6.92 Å². The molecule has 0 bridgehead atoms. The number of carbonyl (C=O) groups is 2. The average molecular weight is 556 g/mol. The minimum absolute atomic E-state index is 0.0287. The summed E-state index contributed by atoms with van der Waals surface area (Å²) in [6.45, 7) is 5.38. The molecule has 1 N–H and O–H groups in total. The predicted octanol–water partition coefficient (Wildman–Crippen LogP) is 4.43. The smallest absolute Gasteiger partial charge is 0.243 e. The van der Waals surface area contributed by atoms with Crippen molar-refractivity contribution >= 4 is 33.4 Å². The van der Waals surface area contributed by atoms with Crippen molar-refractivity contribution in [1.82, 2.24) is 14.5 Å². The maximum Gasteiger partial charge on any atom is 0.243 e. The van der Waals surface area contributed by atoms with Crippen molar-refractivity contribution in [3.8, 4) is 0 Å². The summed E-state index contributed by atoms with van der Waals surface area (Å²) in [5.74, 6) is -0.776. The molecular formula is C29H34ClN3O4S. The topological polar surface area (TPSA) is 86.8 Å². The summed E-state index contributed by atoms with van der Waals surface area (Å²) in [4.78, 5) is 28.8. The Morgan fingerprint density at radius 1 is 0.921 bits per heavy atom. The van der Waals surface area contributed by atoms with Gasteiger partial charge in [-0.2, -0.15) is 4.31 Å². The zero-order valence-corrected chi connectivity index (χ0v) is 23.7. The van der Waals surface area contributed by atoms with Crippen molar-refractivity contribution in [1.29, 1.82) is 0 Å². The van der Waals surface area contributed by atoms with Gasteiger partial charge in [-0.3, -0.25) is 9.59 Å². The van der Waals surface area contributed by atoms with Gasteiger partial charge >= 0.3 is 0 Å². The van der Waals surface area contributed by atoms with Gasteiger partial charge in [0.2, 0.25) is 21.8 Å². The molecule has 0 heterocycles. The summed E-state index contributed by atoms with van der Waals surface area (Å²) < 4.78 is 27.4. The number of amides is 2. The Hall–Kier alpha value is -3.20. The number of hydrogen-bond acceptors (Lipinski definition) is 4. The van der Waals surface area contributed by atoms with Gasteiger partial charge in [0, 0.05) is 31.1 Å². The van der Waals surface area contributed by atoms with Crippen LogP contribution in [0.15, 0.2) is 83.8 Å². The Morgan fingerprint density at radius 3 is 2.13 bits per heavy atom. The molecule has 0 aliphatic rings. The van der Waals surface area contributed by atoms with Crippen LogP contribution in [0.4, 0.5) is 0 Å². The second-order valence-electron chi connectivity index (χ2n) is 9.53. The molecule has 38 heavy (non-hydrogen) atoms. The maximum atomic E-state index is 13.8. The van der Waals surface area contributed by atoms with Crippen LogP contribution in [0.5, 0.6) is 0 Å². The molecule has 0 saturated heterocycles. The van der Waals surface area contributed by atoms with Crippen molar-refractivity contribution in [3.63, 3.8) is 0 Å². The van der Waals surface area contributed by atoms with Crippen LogP contribution in [-0.4, -0.2) is 55.1 Å². The Morgan fingerprint density at radius 2 is 1.53 bits per heavy atom. The summed E-state index contributed by atoms with van der Waals surface area (Å²) >= 11 is 5.92. The lowest BCUT2D eigenvalue weighted by atomic mass is 10.0. The molecule has 0 unspecified atom stereocenters. The largest absolute Gasteiger partial charge is 0.352 e. The molecule has 0 aromatic heterocycles. The van der Waals surface area contributed by atoms with E-state index in [2.05, 4.69) is 5.32 Å². The molecule has 3 aromatic carbocycles. The molecule has 9 heteroatoms. The third kappa shape index (κ3) is 7.66. The van der Waals surface area contributed by atoms with Gasteiger partial charge in [-0.15, -0.1) is 0 Å². The number of sulfonamides is 1. The zero-order chi connectivity index (χ0) is 27.9. The third-order valence-electron chi connectivity index (χ3n) is 6.18. The summed E-state index contributed by atoms with van der Waals surface area (Å²) in [5, 5.41) is 3.35. The Bertz CT molecular complexity index is 1350. The van der Waals surface area contributed by atoms with E-state index in [4.69, 9.17) is 11.6 Å². The molecule has 0 fully saturated rings. The number of nitrogens with zero attached hydrogens (tertiary/aromatic N) is 2. The second-order valence-corrected chi connectivity index (χ2v) is 12.0. The SMILES string of the molecule is Cc1ccccc1CN(C(=O)CN(C)S(=O)(=O)c1ccc(Cl)cc1)[C@@H](Cc1ccccc1)C(=O)NC(C)C. The molecule has 1 atom stereocenters. The number of carbonyl (C=O) groups excluding carboxylic acids is 2. The van der Waals surface area contributed by atoms with E-state index in [1.807, 2.05) is 75.4 Å². The van der Waals surface area contributed by atoms with Gasteiger partial charge in [0.15, 0.2) is 0 Å². The number of likely N-dealkylation sites (N-methyl/N-ethyl adjacent to an activating group) is 1. The van der Waals surface area contributed by atoms with E-state index in [9.17, 15) is 18.0 Å². The van der Waals surface area contributed by atoms with Crippen LogP contribution in [0.1, 0.15) is 30.5 Å². The number of aryl methyl sites for hydroxylation is 1. The van der Waals surface area contributed by atoms with Crippen LogP contribution in [0.25, 0.3) is 0 Å². The average Bonchev–Trinajstić information content (AvgIpc) is 2.87. The molecule has 202 valence electrons. The fourth-order valence-electron chi connectivity index (χ4n) is 4.06. The summed E-state index contributed by atoms with van der Waals surface area (Å²) in [6, 6.07) is 21.9. The highest BCUT2D eigenvalue weighted by molar-refractivity contribution is 7.89. The number of halogens is 1. The number of hydrogen-bond donors (Lipinski definition) is 1. The molecule has 0 aliphatic carbocycles. The van der Waals surface area contributed by atoms with Crippen LogP contribution >= 0.6 is 11.6 Å². The molecule has 3 aromatic rings. The van der Waals surface area contributed by atoms with E-state index in [0.717, 1.165) is 21.0 Å². The lowest BCUT2D eigenvalue weighted by Gasteiger charge is -2.33. The second kappa shape index (κ2) is 13.0. The Kier molecular flexibility index (Phi) is 10.1. The van der Waals surface area contributed by atoms with Gasteiger partial charge in [-0.1, -0.05) is 66.2 Å². The fourth-order valence-corrected chi connectivity index (χ4v) is 5.30. The van der Waals surface area contributed by atoms with E-state index in [-0.39, 0.29) is 29.8 Å². The highest BCUT2D eigenvalue weighted by Crippen LogP contribution is 2.20. The molecule has 0 radical (unpaired) electrons. The van der Waals surface area contributed by atoms with E-state index in [1.165, 1.54) is 36.2 Å². The first-order chi connectivity index (χ1) is 18.0. The molecule has 2 amide bonds. The normalized spacial score (nSPS) is 12.4. The first kappa shape index (κ1) is 29.4. The Balaban J connectivity index is 1.98. The molecule has 0 spiro atoms. The highest BCUT2D eigenvalue weighted by atomic mass is 35.5. The number of benzene rings is 3. The van der Waals surface area contributed by atoms with Crippen LogP contribution in [0.3, 0.4) is 0 Å². The molecule has 3 rings (SSSR count). The van der Waals surface area contributed by atoms with E-state index < -0.39 is 28.5 Å². The molecule has 7 nitrogen and oxygen atoms in total.